The molecule has 36 heavy (non-hydrogen) atoms. The molecule has 18 heteroatoms. The lowest BCUT2D eigenvalue weighted by molar-refractivity contribution is -0.358. The zero-order valence-corrected chi connectivity index (χ0v) is 17.8. The molecule has 18 nitrogen and oxygen atoms in total. The quantitative estimate of drug-likeness (QED) is 0.147. The van der Waals surface area contributed by atoms with E-state index in [4.69, 9.17) is 24.1 Å². The topological polar surface area (TPSA) is 300 Å². The van der Waals surface area contributed by atoms with E-state index in [0.717, 1.165) is 0 Å². The van der Waals surface area contributed by atoms with Crippen LogP contribution in [0.1, 0.15) is 0 Å². The Morgan fingerprint density at radius 3 is 1.69 bits per heavy atom. The molecule has 0 aromatic heterocycles. The Morgan fingerprint density at radius 1 is 0.667 bits per heavy atom. The summed E-state index contributed by atoms with van der Waals surface area (Å²) in [5.41, 5.74) is 0. The molecule has 10 N–H and O–H groups in total. The van der Waals surface area contributed by atoms with Crippen LogP contribution in [0.4, 0.5) is 0 Å². The third-order valence-corrected chi connectivity index (χ3v) is 5.58. The van der Waals surface area contributed by atoms with E-state index in [1.807, 2.05) is 0 Å². The maximum atomic E-state index is 11.8. The van der Waals surface area contributed by atoms with Gasteiger partial charge >= 0.3 is 17.9 Å². The fourth-order valence-electron chi connectivity index (χ4n) is 3.69. The molecular weight excluding hydrogens is 504 g/mol. The summed E-state index contributed by atoms with van der Waals surface area (Å²) >= 11 is 0. The van der Waals surface area contributed by atoms with Crippen LogP contribution in [0.3, 0.4) is 0 Å². The van der Waals surface area contributed by atoms with E-state index in [-0.39, 0.29) is 0 Å². The fourth-order valence-corrected chi connectivity index (χ4v) is 3.69. The average molecular weight is 528 g/mol. The van der Waals surface area contributed by atoms with Gasteiger partial charge in [-0.15, -0.1) is 0 Å². The number of aliphatic hydroxyl groups is 7. The summed E-state index contributed by atoms with van der Waals surface area (Å²) in [6, 6.07) is 0. The number of ether oxygens (including phenoxy) is 5. The minimum absolute atomic E-state index is 0.635. The van der Waals surface area contributed by atoms with E-state index in [1.165, 1.54) is 0 Å². The van der Waals surface area contributed by atoms with Crippen LogP contribution < -0.4 is 0 Å². The maximum Gasteiger partial charge on any atom is 0.371 e. The largest absolute Gasteiger partial charge is 0.479 e. The minimum atomic E-state index is -2.24. The van der Waals surface area contributed by atoms with Crippen LogP contribution in [-0.4, -0.2) is 149 Å². The van der Waals surface area contributed by atoms with Crippen LogP contribution >= 0.6 is 0 Å². The number of aliphatic carboxylic acids is 3. The molecule has 0 spiro atoms. The summed E-state index contributed by atoms with van der Waals surface area (Å²) in [4.78, 5) is 34.4. The molecule has 0 saturated carbocycles. The van der Waals surface area contributed by atoms with Gasteiger partial charge in [0.2, 0.25) is 12.0 Å². The van der Waals surface area contributed by atoms with E-state index in [1.54, 1.807) is 0 Å². The molecule has 0 aromatic rings. The molecule has 0 aliphatic carbocycles. The molecule has 2 saturated heterocycles. The van der Waals surface area contributed by atoms with Gasteiger partial charge < -0.3 is 74.7 Å². The van der Waals surface area contributed by atoms with Crippen molar-refractivity contribution in [2.24, 2.45) is 0 Å². The zero-order chi connectivity index (χ0) is 27.1. The lowest BCUT2D eigenvalue weighted by Gasteiger charge is -2.45. The molecule has 0 bridgehead atoms. The summed E-state index contributed by atoms with van der Waals surface area (Å²) in [6.45, 7) is 0. The number of carbonyl (C=O) groups is 3. The van der Waals surface area contributed by atoms with Gasteiger partial charge in [0.15, 0.2) is 24.8 Å². The Bertz CT molecular complexity index is 876. The molecule has 3 rings (SSSR count). The summed E-state index contributed by atoms with van der Waals surface area (Å²) in [5.74, 6) is -6.17. The van der Waals surface area contributed by atoms with Crippen LogP contribution in [0.15, 0.2) is 11.8 Å². The van der Waals surface area contributed by atoms with E-state index in [2.05, 4.69) is 4.74 Å². The number of carboxylic acid groups (broad SMARTS) is 3. The van der Waals surface area contributed by atoms with E-state index >= 15 is 0 Å². The van der Waals surface area contributed by atoms with Crippen LogP contribution in [-0.2, 0) is 38.1 Å². The fraction of sp³-hybridized carbons (Fsp3) is 0.722. The highest BCUT2D eigenvalue weighted by molar-refractivity contribution is 5.84. The molecule has 0 radical (unpaired) electrons. The Balaban J connectivity index is 1.81. The van der Waals surface area contributed by atoms with Crippen LogP contribution in [0, 0.1) is 0 Å². The Labute approximate surface area is 199 Å². The first kappa shape index (κ1) is 28.1. The molecule has 13 atom stereocenters. The van der Waals surface area contributed by atoms with Crippen molar-refractivity contribution in [2.45, 2.75) is 79.9 Å². The van der Waals surface area contributed by atoms with Crippen LogP contribution in [0.5, 0.6) is 0 Å². The molecule has 3 aliphatic rings. The number of hydrogen-bond donors (Lipinski definition) is 10. The lowest BCUT2D eigenvalue weighted by Crippen LogP contribution is -2.66. The van der Waals surface area contributed by atoms with Crippen molar-refractivity contribution in [3.63, 3.8) is 0 Å². The predicted molar refractivity (Wildman–Crippen MR) is 101 cm³/mol. The van der Waals surface area contributed by atoms with Crippen molar-refractivity contribution in [2.75, 3.05) is 0 Å². The van der Waals surface area contributed by atoms with Crippen LogP contribution in [0.25, 0.3) is 0 Å². The first-order valence-corrected chi connectivity index (χ1v) is 10.2. The first-order chi connectivity index (χ1) is 16.7. The number of aliphatic hydroxyl groups excluding tert-OH is 7. The molecular formula is C18H24O18. The lowest BCUT2D eigenvalue weighted by atomic mass is 9.96. The Hall–Kier alpha value is -2.49. The van der Waals surface area contributed by atoms with Crippen molar-refractivity contribution in [3.8, 4) is 0 Å². The summed E-state index contributed by atoms with van der Waals surface area (Å²) < 4.78 is 24.9. The van der Waals surface area contributed by atoms with E-state index in [0.29, 0.717) is 6.08 Å². The van der Waals surface area contributed by atoms with Gasteiger partial charge in [-0.2, -0.15) is 0 Å². The summed E-state index contributed by atoms with van der Waals surface area (Å²) in [7, 11) is 0. The molecule has 3 heterocycles. The molecule has 3 aliphatic heterocycles. The number of hydrogen-bond acceptors (Lipinski definition) is 15. The minimum Gasteiger partial charge on any atom is -0.479 e. The SMILES string of the molecule is O=C(O)C1=C[C@H](O)[C@@H](O)C(O[C@@H]2[C@H](O)[C@@H](O)C(OC3[C@@H](C(=O)O)OC(O)[C@H](O)[C@H]3O)O[C@@H]2C(=O)O)O1. The predicted octanol–water partition coefficient (Wildman–Crippen LogP) is -6.14. The van der Waals surface area contributed by atoms with Gasteiger partial charge in [-0.3, -0.25) is 0 Å². The van der Waals surface area contributed by atoms with Gasteiger partial charge in [-0.05, 0) is 6.08 Å². The second-order valence-corrected chi connectivity index (χ2v) is 8.02. The second-order valence-electron chi connectivity index (χ2n) is 8.02. The normalized spacial score (nSPS) is 45.3. The van der Waals surface area contributed by atoms with E-state index in [9.17, 15) is 60.3 Å². The third kappa shape index (κ3) is 5.43. The van der Waals surface area contributed by atoms with Crippen molar-refractivity contribution in [3.05, 3.63) is 11.8 Å². The highest BCUT2D eigenvalue weighted by Crippen LogP contribution is 2.32. The molecule has 4 unspecified atom stereocenters. The smallest absolute Gasteiger partial charge is 0.371 e. The van der Waals surface area contributed by atoms with Crippen molar-refractivity contribution in [1.82, 2.24) is 0 Å². The zero-order valence-electron chi connectivity index (χ0n) is 17.8. The van der Waals surface area contributed by atoms with Crippen molar-refractivity contribution >= 4 is 17.9 Å². The first-order valence-electron chi connectivity index (χ1n) is 10.2. The molecule has 0 amide bonds. The standard InChI is InChI=1S/C18H24O18/c19-2-1-3(13(25)26)32-17(4(2)20)34-10-6(22)8(24)18(36-12(10)15(29)30)35-9-5(21)7(23)16(31)33-11(9)14(27)28/h1-2,4-12,16-24,31H,(H,25,26)(H,27,28)(H,29,30)/t2-,4+,5+,6+,7+,8+,9?,10+,11-,12-,16?,17?,18?/m0/s1. The summed E-state index contributed by atoms with van der Waals surface area (Å²) in [6.07, 6.45) is -26.7. The van der Waals surface area contributed by atoms with Gasteiger partial charge in [0.1, 0.15) is 48.8 Å². The van der Waals surface area contributed by atoms with Crippen molar-refractivity contribution in [1.29, 1.82) is 0 Å². The van der Waals surface area contributed by atoms with E-state index < -0.39 is 104 Å². The van der Waals surface area contributed by atoms with Gasteiger partial charge in [-0.1, -0.05) is 0 Å². The molecule has 2 fully saturated rings. The number of rotatable bonds is 7. The highest BCUT2D eigenvalue weighted by atomic mass is 16.8. The van der Waals surface area contributed by atoms with Gasteiger partial charge in [-0.25, -0.2) is 14.4 Å². The average Bonchev–Trinajstić information content (AvgIpc) is 2.80. The van der Waals surface area contributed by atoms with Gasteiger partial charge in [0.25, 0.3) is 0 Å². The summed E-state index contributed by atoms with van der Waals surface area (Å²) in [5, 5.41) is 98.1. The van der Waals surface area contributed by atoms with Gasteiger partial charge in [0, 0.05) is 0 Å². The molecule has 204 valence electrons. The Morgan fingerprint density at radius 2 is 1.17 bits per heavy atom. The Kier molecular flexibility index (Phi) is 8.48. The molecule has 0 aromatic carbocycles. The van der Waals surface area contributed by atoms with Crippen molar-refractivity contribution < 1.29 is 89.1 Å². The van der Waals surface area contributed by atoms with Crippen LogP contribution in [0.2, 0.25) is 0 Å². The monoisotopic (exact) mass is 528 g/mol. The maximum absolute atomic E-state index is 11.8. The third-order valence-electron chi connectivity index (χ3n) is 5.58. The van der Waals surface area contributed by atoms with Gasteiger partial charge in [0.05, 0.1) is 0 Å². The second kappa shape index (κ2) is 10.9. The highest BCUT2D eigenvalue weighted by Gasteiger charge is 2.55. The number of carboxylic acids is 3.